The standard InChI is InChI=1S/C29H28O4S.C26H22O4S.C20H18O4S.C14H14O3S/c1-21-5-7-22(8-6-21)29(2,3)23-9-11-25(12-10-23)33-26-15-19-28(20-16-26)34(30,31)27-17-13-24(32-4)14-18-27;1-19-3-5-20(6-4-19)21-7-9-23(10-8-21)30-24-13-17-26(18-14-24)31(27,28)25-15-11-22(29-2)12-16-25;1-15-3-5-17(6-4-15)24-18-9-13-20(14-10-18)25(21,22)19-11-7-16(23-2)8-12-19;1-11-3-7-13(8-4-11)18(15,16)14-9-5-12(17-2)6-10-14/h5-20H,1-4H3;3-18H,1-2H3;3-14H,1-2H3;3-10H,1-2H3. The maximum atomic E-state index is 12.9. The molecule has 0 amide bonds. The van der Waals surface area contributed by atoms with Gasteiger partial charge in [0.25, 0.3) is 0 Å². The maximum Gasteiger partial charge on any atom is 0.206 e. The zero-order valence-corrected chi connectivity index (χ0v) is 64.5. The maximum absolute atomic E-state index is 12.9. The summed E-state index contributed by atoms with van der Waals surface area (Å²) in [7, 11) is -8.06. The van der Waals surface area contributed by atoms with Crippen LogP contribution in [0.1, 0.15) is 47.2 Å². The molecule has 552 valence electrons. The van der Waals surface area contributed by atoms with Crippen LogP contribution in [-0.2, 0) is 44.8 Å². The third-order valence-corrected chi connectivity index (χ3v) is 24.7. The van der Waals surface area contributed by atoms with E-state index in [0.29, 0.717) is 62.4 Å². The molecule has 0 aliphatic carbocycles. The molecule has 13 aromatic rings. The number of hydrogen-bond donors (Lipinski definition) is 0. The Morgan fingerprint density at radius 2 is 0.333 bits per heavy atom. The Hall–Kier alpha value is -11.7. The highest BCUT2D eigenvalue weighted by molar-refractivity contribution is 7.92. The van der Waals surface area contributed by atoms with Crippen LogP contribution in [0.4, 0.5) is 0 Å². The minimum absolute atomic E-state index is 0.135. The largest absolute Gasteiger partial charge is 0.497 e. The van der Waals surface area contributed by atoms with Crippen molar-refractivity contribution in [1.82, 2.24) is 0 Å². The highest BCUT2D eigenvalue weighted by Gasteiger charge is 2.25. The fourth-order valence-corrected chi connectivity index (χ4v) is 15.9. The molecule has 108 heavy (non-hydrogen) atoms. The molecule has 19 heteroatoms. The van der Waals surface area contributed by atoms with Crippen molar-refractivity contribution in [2.45, 2.75) is 86.1 Å². The lowest BCUT2D eigenvalue weighted by Crippen LogP contribution is -2.18. The van der Waals surface area contributed by atoms with E-state index < -0.39 is 39.3 Å². The smallest absolute Gasteiger partial charge is 0.206 e. The summed E-state index contributed by atoms with van der Waals surface area (Å²) in [6.07, 6.45) is 0. The number of rotatable bonds is 21. The molecule has 0 saturated carbocycles. The van der Waals surface area contributed by atoms with Crippen molar-refractivity contribution in [2.24, 2.45) is 0 Å². The molecule has 13 rings (SSSR count). The molecular formula is C89H82O15S4. The van der Waals surface area contributed by atoms with Gasteiger partial charge in [0.2, 0.25) is 39.3 Å². The molecule has 0 atom stereocenters. The predicted octanol–water partition coefficient (Wildman–Crippen LogP) is 20.7. The summed E-state index contributed by atoms with van der Waals surface area (Å²) in [6, 6.07) is 91.9. The number of sulfone groups is 4. The van der Waals surface area contributed by atoms with Gasteiger partial charge in [0.1, 0.15) is 57.5 Å². The summed E-state index contributed by atoms with van der Waals surface area (Å²) in [5, 5.41) is 0. The summed E-state index contributed by atoms with van der Waals surface area (Å²) < 4.78 is 139. The van der Waals surface area contributed by atoms with Crippen LogP contribution in [0.3, 0.4) is 0 Å². The van der Waals surface area contributed by atoms with E-state index in [1.165, 1.54) is 72.9 Å². The third kappa shape index (κ3) is 20.0. The highest BCUT2D eigenvalue weighted by Crippen LogP contribution is 2.36. The molecule has 0 fully saturated rings. The van der Waals surface area contributed by atoms with Crippen LogP contribution < -0.4 is 33.2 Å². The molecule has 0 bridgehead atoms. The summed E-state index contributed by atoms with van der Waals surface area (Å²) in [4.78, 5) is 1.86. The van der Waals surface area contributed by atoms with Crippen LogP contribution in [-0.4, -0.2) is 62.1 Å². The van der Waals surface area contributed by atoms with E-state index in [-0.39, 0.29) is 39.7 Å². The quantitative estimate of drug-likeness (QED) is 0.0657. The van der Waals surface area contributed by atoms with E-state index >= 15 is 0 Å². The van der Waals surface area contributed by atoms with Crippen LogP contribution in [0.5, 0.6) is 57.5 Å². The van der Waals surface area contributed by atoms with E-state index in [2.05, 4.69) is 88.4 Å². The second-order valence-corrected chi connectivity index (χ2v) is 33.3. The Labute approximate surface area is 633 Å². The molecule has 0 aromatic heterocycles. The zero-order chi connectivity index (χ0) is 77.2. The van der Waals surface area contributed by atoms with Crippen LogP contribution in [0.25, 0.3) is 11.1 Å². The van der Waals surface area contributed by atoms with E-state index in [0.717, 1.165) is 22.3 Å². The molecular weight excluding hydrogens is 1440 g/mol. The Bertz CT molecular complexity index is 5570. The third-order valence-electron chi connectivity index (χ3n) is 17.5. The lowest BCUT2D eigenvalue weighted by atomic mass is 9.78. The van der Waals surface area contributed by atoms with E-state index in [1.54, 1.807) is 172 Å². The van der Waals surface area contributed by atoms with Crippen LogP contribution >= 0.6 is 0 Å². The molecule has 13 aromatic carbocycles. The topological polar surface area (TPSA) is 201 Å². The van der Waals surface area contributed by atoms with Crippen molar-refractivity contribution < 1.29 is 66.8 Å². The van der Waals surface area contributed by atoms with Gasteiger partial charge in [-0.1, -0.05) is 133 Å². The lowest BCUT2D eigenvalue weighted by molar-refractivity contribution is 0.414. The minimum Gasteiger partial charge on any atom is -0.497 e. The van der Waals surface area contributed by atoms with Gasteiger partial charge in [-0.15, -0.1) is 0 Å². The lowest BCUT2D eigenvalue weighted by Gasteiger charge is -2.26. The van der Waals surface area contributed by atoms with Crippen LogP contribution in [0.2, 0.25) is 0 Å². The summed E-state index contributed by atoms with van der Waals surface area (Å²) >= 11 is 0. The summed E-state index contributed by atoms with van der Waals surface area (Å²) in [6.45, 7) is 12.5. The van der Waals surface area contributed by atoms with Crippen molar-refractivity contribution in [1.29, 1.82) is 0 Å². The first kappa shape index (κ1) is 78.8. The van der Waals surface area contributed by atoms with E-state index in [4.69, 9.17) is 33.2 Å². The molecule has 15 nitrogen and oxygen atoms in total. The first-order valence-corrected chi connectivity index (χ1v) is 40.0. The molecule has 0 N–H and O–H groups in total. The average Bonchev–Trinajstić information content (AvgIpc) is 0.822. The molecule has 0 aliphatic heterocycles. The molecule has 0 spiro atoms. The molecule has 0 heterocycles. The Morgan fingerprint density at radius 3 is 0.556 bits per heavy atom. The van der Waals surface area contributed by atoms with Gasteiger partial charge in [-0.2, -0.15) is 0 Å². The van der Waals surface area contributed by atoms with Gasteiger partial charge in [-0.25, -0.2) is 33.7 Å². The van der Waals surface area contributed by atoms with Crippen molar-refractivity contribution >= 4 is 39.3 Å². The van der Waals surface area contributed by atoms with Crippen molar-refractivity contribution in [2.75, 3.05) is 28.4 Å². The minimum atomic E-state index is -3.62. The Kier molecular flexibility index (Phi) is 25.6. The van der Waals surface area contributed by atoms with Gasteiger partial charge in [0.05, 0.1) is 67.6 Å². The highest BCUT2D eigenvalue weighted by atomic mass is 32.2. The van der Waals surface area contributed by atoms with E-state index in [1.807, 2.05) is 74.5 Å². The zero-order valence-electron chi connectivity index (χ0n) is 61.3. The van der Waals surface area contributed by atoms with Gasteiger partial charge in [0.15, 0.2) is 0 Å². The van der Waals surface area contributed by atoms with Gasteiger partial charge in [0, 0.05) is 5.41 Å². The SMILES string of the molecule is COc1ccc(S(=O)(=O)c2ccc(C)cc2)cc1.COc1ccc(S(=O)(=O)c2ccc(Oc3ccc(-c4ccc(C)cc4)cc3)cc2)cc1.COc1ccc(S(=O)(=O)c2ccc(Oc3ccc(C(C)(C)c4ccc(C)cc4)cc3)cc2)cc1.COc1ccc(S(=O)(=O)c2ccc(Oc3ccc(C)cc3)cc2)cc1. The number of ether oxygens (including phenoxy) is 7. The second kappa shape index (κ2) is 35.1. The molecule has 0 saturated heterocycles. The number of methoxy groups -OCH3 is 4. The first-order valence-electron chi connectivity index (χ1n) is 34.1. The summed E-state index contributed by atoms with van der Waals surface area (Å²) in [5.41, 5.74) is 9.19. The molecule has 0 aliphatic rings. The fourth-order valence-electron chi connectivity index (χ4n) is 10.9. The number of benzene rings is 13. The van der Waals surface area contributed by atoms with Crippen molar-refractivity contribution in [3.05, 3.63) is 349 Å². The van der Waals surface area contributed by atoms with Gasteiger partial charge >= 0.3 is 0 Å². The normalized spacial score (nSPS) is 11.4. The predicted molar refractivity (Wildman–Crippen MR) is 422 cm³/mol. The summed E-state index contributed by atoms with van der Waals surface area (Å²) in [5.74, 6) is 6.26. The van der Waals surface area contributed by atoms with Crippen molar-refractivity contribution in [3.8, 4) is 68.6 Å². The molecule has 0 unspecified atom stereocenters. The second-order valence-electron chi connectivity index (χ2n) is 25.5. The van der Waals surface area contributed by atoms with Gasteiger partial charge in [-0.05, 0) is 268 Å². The Balaban J connectivity index is 0.000000157. The van der Waals surface area contributed by atoms with Gasteiger partial charge < -0.3 is 33.2 Å². The van der Waals surface area contributed by atoms with Crippen molar-refractivity contribution in [3.63, 3.8) is 0 Å². The average molecular weight is 1520 g/mol. The number of hydrogen-bond acceptors (Lipinski definition) is 15. The monoisotopic (exact) mass is 1520 g/mol. The number of aryl methyl sites for hydroxylation is 4. The van der Waals surface area contributed by atoms with Gasteiger partial charge in [-0.3, -0.25) is 0 Å². The Morgan fingerprint density at radius 1 is 0.194 bits per heavy atom. The first-order chi connectivity index (χ1) is 51.7. The van der Waals surface area contributed by atoms with Crippen LogP contribution in [0, 0.1) is 27.7 Å². The molecule has 0 radical (unpaired) electrons. The van der Waals surface area contributed by atoms with E-state index in [9.17, 15) is 33.7 Å². The fraction of sp³-hybridized carbons (Fsp3) is 0.124. The van der Waals surface area contributed by atoms with Crippen LogP contribution in [0.15, 0.2) is 355 Å².